The molecule has 1 aliphatic heterocycles. The minimum Gasteiger partial charge on any atom is -0.351 e. The summed E-state index contributed by atoms with van der Waals surface area (Å²) < 4.78 is 0. The molecule has 1 saturated heterocycles. The summed E-state index contributed by atoms with van der Waals surface area (Å²) in [4.78, 5) is 22.6. The maximum atomic E-state index is 12.5. The molecule has 1 amide bonds. The molecule has 26 heavy (non-hydrogen) atoms. The lowest BCUT2D eigenvalue weighted by Crippen LogP contribution is -2.32. The van der Waals surface area contributed by atoms with Crippen LogP contribution < -0.4 is 5.32 Å². The van der Waals surface area contributed by atoms with Crippen molar-refractivity contribution in [2.75, 3.05) is 18.4 Å². The molecule has 1 aliphatic rings. The number of halogens is 1. The van der Waals surface area contributed by atoms with Crippen molar-refractivity contribution in [2.45, 2.75) is 26.3 Å². The molecule has 4 rings (SSSR count). The number of hydrogen-bond acceptors (Lipinski definition) is 4. The number of hydrogen-bond donors (Lipinski definition) is 2. The zero-order valence-electron chi connectivity index (χ0n) is 14.6. The molecule has 1 aromatic carbocycles. The molecule has 0 atom stereocenters. The topological polar surface area (TPSA) is 61.0 Å². The van der Waals surface area contributed by atoms with Crippen molar-refractivity contribution in [2.24, 2.45) is 5.92 Å². The third-order valence-electron chi connectivity index (χ3n) is 4.86. The number of thiazole rings is 1. The standard InChI is InChI=1S/C19H21ClN4OS/c1-12-4-6-24(7-5-12)10-15-11-26-19(21-15)23-18(25)17-9-13-8-14(20)2-3-16(13)22-17/h2-3,8-9,11-12,22H,4-7,10H2,1H3,(H,21,23,25). The Labute approximate surface area is 161 Å². The van der Waals surface area contributed by atoms with E-state index in [0.29, 0.717) is 15.8 Å². The summed E-state index contributed by atoms with van der Waals surface area (Å²) in [5, 5.41) is 7.11. The SMILES string of the molecule is CC1CCN(Cc2csc(NC(=O)c3cc4cc(Cl)ccc4[nH]3)n2)CC1. The summed E-state index contributed by atoms with van der Waals surface area (Å²) in [6.07, 6.45) is 2.50. The lowest BCUT2D eigenvalue weighted by Gasteiger charge is -2.29. The van der Waals surface area contributed by atoms with Crippen molar-refractivity contribution < 1.29 is 4.79 Å². The largest absolute Gasteiger partial charge is 0.351 e. The van der Waals surface area contributed by atoms with Gasteiger partial charge in [-0.05, 0) is 56.1 Å². The van der Waals surface area contributed by atoms with Crippen molar-refractivity contribution in [3.05, 3.63) is 46.1 Å². The minimum atomic E-state index is -0.190. The van der Waals surface area contributed by atoms with Gasteiger partial charge in [0.15, 0.2) is 5.13 Å². The third kappa shape index (κ3) is 3.92. The summed E-state index contributed by atoms with van der Waals surface area (Å²) in [6.45, 7) is 5.41. The Morgan fingerprint density at radius 1 is 1.38 bits per heavy atom. The Hall–Kier alpha value is -1.89. The summed E-state index contributed by atoms with van der Waals surface area (Å²) in [5.41, 5.74) is 2.41. The first-order valence-corrected chi connectivity index (χ1v) is 10.1. The van der Waals surface area contributed by atoms with E-state index in [0.717, 1.165) is 42.1 Å². The van der Waals surface area contributed by atoms with Crippen LogP contribution in [0.3, 0.4) is 0 Å². The number of aromatic nitrogens is 2. The monoisotopic (exact) mass is 388 g/mol. The number of carbonyl (C=O) groups excluding carboxylic acids is 1. The van der Waals surface area contributed by atoms with E-state index in [9.17, 15) is 4.79 Å². The smallest absolute Gasteiger partial charge is 0.273 e. The maximum absolute atomic E-state index is 12.5. The van der Waals surface area contributed by atoms with Crippen molar-refractivity contribution in [1.29, 1.82) is 0 Å². The van der Waals surface area contributed by atoms with E-state index in [-0.39, 0.29) is 5.91 Å². The molecule has 0 spiro atoms. The first-order chi connectivity index (χ1) is 12.6. The second-order valence-corrected chi connectivity index (χ2v) is 8.27. The summed E-state index contributed by atoms with van der Waals surface area (Å²) in [7, 11) is 0. The van der Waals surface area contributed by atoms with Gasteiger partial charge in [-0.1, -0.05) is 18.5 Å². The molecule has 136 valence electrons. The molecule has 3 heterocycles. The Morgan fingerprint density at radius 3 is 3.00 bits per heavy atom. The lowest BCUT2D eigenvalue weighted by molar-refractivity contribution is 0.102. The number of fused-ring (bicyclic) bond motifs is 1. The van der Waals surface area contributed by atoms with Gasteiger partial charge in [-0.25, -0.2) is 4.98 Å². The van der Waals surface area contributed by atoms with Crippen molar-refractivity contribution in [3.8, 4) is 0 Å². The van der Waals surface area contributed by atoms with Crippen molar-refractivity contribution >= 4 is 44.9 Å². The summed E-state index contributed by atoms with van der Waals surface area (Å²) in [5.74, 6) is 0.632. The third-order valence-corrected chi connectivity index (χ3v) is 5.90. The van der Waals surface area contributed by atoms with E-state index in [2.05, 4.69) is 27.1 Å². The van der Waals surface area contributed by atoms with Gasteiger partial charge in [-0.15, -0.1) is 11.3 Å². The van der Waals surface area contributed by atoms with Gasteiger partial charge in [0, 0.05) is 27.9 Å². The first kappa shape index (κ1) is 17.5. The van der Waals surface area contributed by atoms with Gasteiger partial charge in [0.1, 0.15) is 5.69 Å². The van der Waals surface area contributed by atoms with E-state index in [1.807, 2.05) is 17.5 Å². The molecule has 7 heteroatoms. The highest BCUT2D eigenvalue weighted by Crippen LogP contribution is 2.23. The molecular weight excluding hydrogens is 368 g/mol. The molecule has 0 radical (unpaired) electrons. The van der Waals surface area contributed by atoms with Crippen LogP contribution in [-0.2, 0) is 6.54 Å². The van der Waals surface area contributed by atoms with E-state index in [1.165, 1.54) is 24.2 Å². The maximum Gasteiger partial charge on any atom is 0.273 e. The normalized spacial score (nSPS) is 16.2. The molecule has 5 nitrogen and oxygen atoms in total. The predicted molar refractivity (Wildman–Crippen MR) is 107 cm³/mol. The van der Waals surface area contributed by atoms with Gasteiger partial charge in [-0.2, -0.15) is 0 Å². The second kappa shape index (κ2) is 7.39. The Kier molecular flexibility index (Phi) is 4.98. The van der Waals surface area contributed by atoms with Crippen LogP contribution in [0.4, 0.5) is 5.13 Å². The average Bonchev–Trinajstić information content (AvgIpc) is 3.23. The quantitative estimate of drug-likeness (QED) is 0.677. The molecule has 3 aromatic rings. The number of nitrogens with one attached hydrogen (secondary N) is 2. The number of amides is 1. The van der Waals surface area contributed by atoms with Crippen LogP contribution in [0.5, 0.6) is 0 Å². The molecular formula is C19H21ClN4OS. The van der Waals surface area contributed by atoms with Gasteiger partial charge in [0.05, 0.1) is 5.69 Å². The number of anilines is 1. The highest BCUT2D eigenvalue weighted by Gasteiger charge is 2.17. The number of carbonyl (C=O) groups is 1. The fraction of sp³-hybridized carbons (Fsp3) is 0.368. The average molecular weight is 389 g/mol. The van der Waals surface area contributed by atoms with Gasteiger partial charge < -0.3 is 4.98 Å². The van der Waals surface area contributed by atoms with E-state index in [1.54, 1.807) is 12.1 Å². The number of piperidine rings is 1. The zero-order chi connectivity index (χ0) is 18.1. The number of nitrogens with zero attached hydrogens (tertiary/aromatic N) is 2. The molecule has 0 unspecified atom stereocenters. The number of H-pyrrole nitrogens is 1. The number of rotatable bonds is 4. The van der Waals surface area contributed by atoms with E-state index in [4.69, 9.17) is 11.6 Å². The highest BCUT2D eigenvalue weighted by molar-refractivity contribution is 7.13. The van der Waals surface area contributed by atoms with Gasteiger partial charge in [-0.3, -0.25) is 15.0 Å². The van der Waals surface area contributed by atoms with Crippen LogP contribution in [0.2, 0.25) is 5.02 Å². The van der Waals surface area contributed by atoms with Gasteiger partial charge in [0.2, 0.25) is 0 Å². The fourth-order valence-corrected chi connectivity index (χ4v) is 4.15. The molecule has 1 fully saturated rings. The fourth-order valence-electron chi connectivity index (χ4n) is 3.28. The van der Waals surface area contributed by atoms with Crippen molar-refractivity contribution in [3.63, 3.8) is 0 Å². The molecule has 2 N–H and O–H groups in total. The lowest BCUT2D eigenvalue weighted by atomic mass is 9.99. The Balaban J connectivity index is 1.40. The van der Waals surface area contributed by atoms with E-state index >= 15 is 0 Å². The number of benzene rings is 1. The predicted octanol–water partition coefficient (Wildman–Crippen LogP) is 4.76. The van der Waals surface area contributed by atoms with Gasteiger partial charge in [0.25, 0.3) is 5.91 Å². The second-order valence-electron chi connectivity index (χ2n) is 6.97. The van der Waals surface area contributed by atoms with Crippen LogP contribution in [0.15, 0.2) is 29.6 Å². The van der Waals surface area contributed by atoms with E-state index < -0.39 is 0 Å². The first-order valence-electron chi connectivity index (χ1n) is 8.83. The minimum absolute atomic E-state index is 0.190. The Morgan fingerprint density at radius 2 is 2.19 bits per heavy atom. The molecule has 0 saturated carbocycles. The molecule has 0 aliphatic carbocycles. The van der Waals surface area contributed by atoms with Gasteiger partial charge >= 0.3 is 0 Å². The number of likely N-dealkylation sites (tertiary alicyclic amines) is 1. The van der Waals surface area contributed by atoms with Crippen LogP contribution in [-0.4, -0.2) is 33.9 Å². The number of aromatic amines is 1. The molecule has 0 bridgehead atoms. The zero-order valence-corrected chi connectivity index (χ0v) is 16.2. The van der Waals surface area contributed by atoms with Crippen LogP contribution in [0.1, 0.15) is 35.9 Å². The van der Waals surface area contributed by atoms with Crippen LogP contribution in [0, 0.1) is 5.92 Å². The van der Waals surface area contributed by atoms with Crippen LogP contribution >= 0.6 is 22.9 Å². The summed E-state index contributed by atoms with van der Waals surface area (Å²) in [6, 6.07) is 7.32. The summed E-state index contributed by atoms with van der Waals surface area (Å²) >= 11 is 7.47. The highest BCUT2D eigenvalue weighted by atomic mass is 35.5. The van der Waals surface area contributed by atoms with Crippen molar-refractivity contribution in [1.82, 2.24) is 14.9 Å². The van der Waals surface area contributed by atoms with Crippen LogP contribution in [0.25, 0.3) is 10.9 Å². The Bertz CT molecular complexity index is 927. The molecule has 2 aromatic heterocycles.